The highest BCUT2D eigenvalue weighted by Gasteiger charge is 2.10. The molecule has 0 saturated carbocycles. The lowest BCUT2D eigenvalue weighted by Gasteiger charge is -2.05. The lowest BCUT2D eigenvalue weighted by atomic mass is 10.1. The molecule has 7 heteroatoms. The van der Waals surface area contributed by atoms with E-state index in [0.29, 0.717) is 10.9 Å². The van der Waals surface area contributed by atoms with Gasteiger partial charge in [-0.3, -0.25) is 14.2 Å². The van der Waals surface area contributed by atoms with Crippen molar-refractivity contribution in [3.8, 4) is 6.07 Å². The van der Waals surface area contributed by atoms with Gasteiger partial charge < -0.3 is 10.3 Å². The summed E-state index contributed by atoms with van der Waals surface area (Å²) in [4.78, 5) is 38.0. The van der Waals surface area contributed by atoms with E-state index in [1.807, 2.05) is 0 Å². The zero-order valence-electron chi connectivity index (χ0n) is 10.8. The third kappa shape index (κ3) is 2.31. The number of hydrogen-bond donors (Lipinski definition) is 2. The summed E-state index contributed by atoms with van der Waals surface area (Å²) in [7, 11) is 0. The second-order valence-electron chi connectivity index (χ2n) is 4.08. The fourth-order valence-electron chi connectivity index (χ4n) is 1.90. The molecule has 2 rings (SSSR count). The van der Waals surface area contributed by atoms with Crippen LogP contribution in [-0.2, 0) is 6.54 Å². The molecule has 7 nitrogen and oxygen atoms in total. The smallest absolute Gasteiger partial charge is 0.328 e. The zero-order valence-corrected chi connectivity index (χ0v) is 10.8. The number of H-pyrrole nitrogens is 1. The van der Waals surface area contributed by atoms with E-state index in [0.717, 1.165) is 4.57 Å². The first-order valence-electron chi connectivity index (χ1n) is 6.00. The molecule has 20 heavy (non-hydrogen) atoms. The molecule has 2 aromatic rings. The summed E-state index contributed by atoms with van der Waals surface area (Å²) < 4.78 is 1.08. The van der Waals surface area contributed by atoms with Crippen LogP contribution < -0.4 is 16.6 Å². The van der Waals surface area contributed by atoms with Gasteiger partial charge >= 0.3 is 5.69 Å². The Morgan fingerprint density at radius 2 is 2.20 bits per heavy atom. The number of nitrogens with zero attached hydrogens (tertiary/aromatic N) is 2. The standard InChI is InChI=1S/C13H12N4O3/c1-2-17-12(19)9-4-3-8(11(18)15-6-5-14)7-10(9)16-13(17)20/h3-4,7H,2,6H2,1H3,(H,15,18)(H,16,20). The van der Waals surface area contributed by atoms with E-state index in [2.05, 4.69) is 10.3 Å². The zero-order chi connectivity index (χ0) is 14.7. The van der Waals surface area contributed by atoms with Crippen molar-refractivity contribution < 1.29 is 4.79 Å². The van der Waals surface area contributed by atoms with Gasteiger partial charge in [-0.25, -0.2) is 4.79 Å². The highest BCUT2D eigenvalue weighted by molar-refractivity contribution is 5.97. The van der Waals surface area contributed by atoms with E-state index in [1.54, 1.807) is 13.0 Å². The number of amides is 1. The van der Waals surface area contributed by atoms with Crippen LogP contribution in [0.3, 0.4) is 0 Å². The molecule has 0 unspecified atom stereocenters. The fraction of sp³-hybridized carbons (Fsp3) is 0.231. The molecule has 1 amide bonds. The van der Waals surface area contributed by atoms with Gasteiger partial charge in [0.25, 0.3) is 11.5 Å². The average molecular weight is 272 g/mol. The number of fused-ring (bicyclic) bond motifs is 1. The first kappa shape index (κ1) is 13.5. The Hall–Kier alpha value is -2.88. The second kappa shape index (κ2) is 5.40. The lowest BCUT2D eigenvalue weighted by molar-refractivity contribution is 0.0958. The van der Waals surface area contributed by atoms with Crippen LogP contribution in [0.15, 0.2) is 27.8 Å². The summed E-state index contributed by atoms with van der Waals surface area (Å²) in [5, 5.41) is 11.1. The topological polar surface area (TPSA) is 108 Å². The van der Waals surface area contributed by atoms with Crippen molar-refractivity contribution in [1.82, 2.24) is 14.9 Å². The highest BCUT2D eigenvalue weighted by atomic mass is 16.2. The van der Waals surface area contributed by atoms with Crippen molar-refractivity contribution in [2.75, 3.05) is 6.54 Å². The summed E-state index contributed by atoms with van der Waals surface area (Å²) >= 11 is 0. The van der Waals surface area contributed by atoms with Crippen molar-refractivity contribution >= 4 is 16.8 Å². The molecular weight excluding hydrogens is 260 g/mol. The van der Waals surface area contributed by atoms with Crippen molar-refractivity contribution in [1.29, 1.82) is 5.26 Å². The number of nitrogens with one attached hydrogen (secondary N) is 2. The highest BCUT2D eigenvalue weighted by Crippen LogP contribution is 2.09. The molecular formula is C13H12N4O3. The number of carbonyl (C=O) groups is 1. The van der Waals surface area contributed by atoms with E-state index < -0.39 is 17.2 Å². The Morgan fingerprint density at radius 3 is 2.85 bits per heavy atom. The Bertz CT molecular complexity index is 826. The second-order valence-corrected chi connectivity index (χ2v) is 4.08. The van der Waals surface area contributed by atoms with Crippen LogP contribution >= 0.6 is 0 Å². The summed E-state index contributed by atoms with van der Waals surface area (Å²) in [6.07, 6.45) is 0. The molecule has 1 aromatic heterocycles. The van der Waals surface area contributed by atoms with Crippen LogP contribution in [0.5, 0.6) is 0 Å². The van der Waals surface area contributed by atoms with Gasteiger partial charge in [0.15, 0.2) is 0 Å². The largest absolute Gasteiger partial charge is 0.339 e. The summed E-state index contributed by atoms with van der Waals surface area (Å²) in [6, 6.07) is 6.19. The molecule has 0 aliphatic rings. The van der Waals surface area contributed by atoms with Gasteiger partial charge in [0, 0.05) is 12.1 Å². The predicted octanol–water partition coefficient (Wildman–Crippen LogP) is -0.0369. The monoisotopic (exact) mass is 272 g/mol. The van der Waals surface area contributed by atoms with Crippen LogP contribution in [0, 0.1) is 11.3 Å². The minimum Gasteiger partial charge on any atom is -0.339 e. The lowest BCUT2D eigenvalue weighted by Crippen LogP contribution is -2.34. The number of aromatic nitrogens is 2. The van der Waals surface area contributed by atoms with E-state index in [1.165, 1.54) is 18.2 Å². The molecule has 0 bridgehead atoms. The van der Waals surface area contributed by atoms with E-state index in [4.69, 9.17) is 5.26 Å². The molecule has 102 valence electrons. The first-order valence-corrected chi connectivity index (χ1v) is 6.00. The minimum absolute atomic E-state index is 0.106. The number of rotatable bonds is 3. The van der Waals surface area contributed by atoms with Gasteiger partial charge in [0.2, 0.25) is 0 Å². The Balaban J connectivity index is 2.57. The van der Waals surface area contributed by atoms with Gasteiger partial charge in [-0.1, -0.05) is 0 Å². The van der Waals surface area contributed by atoms with Gasteiger partial charge in [-0.05, 0) is 25.1 Å². The van der Waals surface area contributed by atoms with E-state index in [-0.39, 0.29) is 18.7 Å². The molecule has 1 aromatic carbocycles. The molecule has 0 radical (unpaired) electrons. The quantitative estimate of drug-likeness (QED) is 0.764. The van der Waals surface area contributed by atoms with Crippen LogP contribution in [0.1, 0.15) is 17.3 Å². The molecule has 2 N–H and O–H groups in total. The summed E-state index contributed by atoms with van der Waals surface area (Å²) in [5.74, 6) is -0.436. The van der Waals surface area contributed by atoms with Crippen molar-refractivity contribution in [2.45, 2.75) is 13.5 Å². The van der Waals surface area contributed by atoms with E-state index in [9.17, 15) is 14.4 Å². The van der Waals surface area contributed by atoms with E-state index >= 15 is 0 Å². The van der Waals surface area contributed by atoms with Gasteiger partial charge in [-0.15, -0.1) is 0 Å². The first-order chi connectivity index (χ1) is 9.58. The van der Waals surface area contributed by atoms with Crippen LogP contribution in [0.4, 0.5) is 0 Å². The number of hydrogen-bond acceptors (Lipinski definition) is 4. The number of nitriles is 1. The van der Waals surface area contributed by atoms with Crippen molar-refractivity contribution in [3.05, 3.63) is 44.6 Å². The maximum Gasteiger partial charge on any atom is 0.328 e. The normalized spacial score (nSPS) is 10.2. The average Bonchev–Trinajstić information content (AvgIpc) is 2.44. The summed E-state index contributed by atoms with van der Waals surface area (Å²) in [6.45, 7) is 1.87. The molecule has 0 saturated heterocycles. The van der Waals surface area contributed by atoms with Crippen molar-refractivity contribution in [3.63, 3.8) is 0 Å². The molecule has 0 aliphatic heterocycles. The third-order valence-corrected chi connectivity index (χ3v) is 2.89. The van der Waals surface area contributed by atoms with Crippen LogP contribution in [-0.4, -0.2) is 22.0 Å². The molecule has 0 atom stereocenters. The van der Waals surface area contributed by atoms with Crippen LogP contribution in [0.2, 0.25) is 0 Å². The summed E-state index contributed by atoms with van der Waals surface area (Å²) in [5.41, 5.74) is -0.332. The molecule has 0 aliphatic carbocycles. The Kier molecular flexibility index (Phi) is 3.66. The number of carbonyl (C=O) groups excluding carboxylic acids is 1. The Labute approximate surface area is 113 Å². The third-order valence-electron chi connectivity index (χ3n) is 2.89. The van der Waals surface area contributed by atoms with Gasteiger partial charge in [0.05, 0.1) is 17.0 Å². The van der Waals surface area contributed by atoms with Crippen LogP contribution in [0.25, 0.3) is 10.9 Å². The minimum atomic E-state index is -0.514. The molecule has 1 heterocycles. The predicted molar refractivity (Wildman–Crippen MR) is 72.4 cm³/mol. The SMILES string of the molecule is CCn1c(=O)[nH]c2cc(C(=O)NCC#N)ccc2c1=O. The van der Waals surface area contributed by atoms with Crippen molar-refractivity contribution in [2.24, 2.45) is 0 Å². The fourth-order valence-corrected chi connectivity index (χ4v) is 1.90. The number of aromatic amines is 1. The Morgan fingerprint density at radius 1 is 1.45 bits per heavy atom. The maximum absolute atomic E-state index is 12.0. The molecule has 0 fully saturated rings. The van der Waals surface area contributed by atoms with Gasteiger partial charge in [0.1, 0.15) is 6.54 Å². The maximum atomic E-state index is 12.0. The number of benzene rings is 1. The molecule has 0 spiro atoms. The van der Waals surface area contributed by atoms with Gasteiger partial charge in [-0.2, -0.15) is 5.26 Å².